The standard InChI is InChI=1S/C25H27ClN2O3S/c1-27-13-12-20-14-24(26)25(29)15-22(20)23(17-27)19-10-8-18(9-11-19)16-28(2)32(30,31)21-6-4-3-5-7-21/h3-11,14-15,23,29H,12-13,16-17H2,1-2H3/t23-/m1/s1. The molecule has 0 fully saturated rings. The van der Waals surface area contributed by atoms with Crippen LogP contribution in [0.1, 0.15) is 28.2 Å². The number of rotatable bonds is 5. The smallest absolute Gasteiger partial charge is 0.243 e. The Morgan fingerprint density at radius 2 is 1.78 bits per heavy atom. The number of sulfonamides is 1. The summed E-state index contributed by atoms with van der Waals surface area (Å²) in [7, 11) is 0.150. The van der Waals surface area contributed by atoms with E-state index in [4.69, 9.17) is 11.6 Å². The van der Waals surface area contributed by atoms with Crippen molar-refractivity contribution in [3.05, 3.63) is 94.0 Å². The van der Waals surface area contributed by atoms with Gasteiger partial charge >= 0.3 is 0 Å². The van der Waals surface area contributed by atoms with Gasteiger partial charge in [-0.1, -0.05) is 54.1 Å². The number of phenolic OH excluding ortho intramolecular Hbond substituents is 1. The molecule has 3 aromatic carbocycles. The molecule has 0 spiro atoms. The van der Waals surface area contributed by atoms with Crippen LogP contribution >= 0.6 is 11.6 Å². The Labute approximate surface area is 194 Å². The summed E-state index contributed by atoms with van der Waals surface area (Å²) in [5.74, 6) is 0.199. The third kappa shape index (κ3) is 4.69. The first-order valence-electron chi connectivity index (χ1n) is 10.6. The minimum absolute atomic E-state index is 0.0977. The molecule has 0 unspecified atom stereocenters. The zero-order chi connectivity index (χ0) is 22.9. The van der Waals surface area contributed by atoms with Gasteiger partial charge in [-0.25, -0.2) is 8.42 Å². The van der Waals surface area contributed by atoms with E-state index in [2.05, 4.69) is 24.1 Å². The Hall–Kier alpha value is -2.38. The van der Waals surface area contributed by atoms with E-state index < -0.39 is 10.0 Å². The van der Waals surface area contributed by atoms with Crippen LogP contribution in [0.4, 0.5) is 0 Å². The predicted octanol–water partition coefficient (Wildman–Crippen LogP) is 4.49. The average Bonchev–Trinajstić information content (AvgIpc) is 2.94. The number of nitrogens with zero attached hydrogens (tertiary/aromatic N) is 2. The van der Waals surface area contributed by atoms with E-state index in [9.17, 15) is 13.5 Å². The van der Waals surface area contributed by atoms with Crippen molar-refractivity contribution < 1.29 is 13.5 Å². The van der Waals surface area contributed by atoms with Crippen molar-refractivity contribution in [1.29, 1.82) is 0 Å². The number of aromatic hydroxyl groups is 1. The highest BCUT2D eigenvalue weighted by atomic mass is 35.5. The quantitative estimate of drug-likeness (QED) is 0.597. The molecule has 32 heavy (non-hydrogen) atoms. The number of likely N-dealkylation sites (N-methyl/N-ethyl adjacent to an activating group) is 1. The van der Waals surface area contributed by atoms with Gasteiger partial charge in [0, 0.05) is 32.6 Å². The van der Waals surface area contributed by atoms with Gasteiger partial charge in [-0.15, -0.1) is 0 Å². The maximum absolute atomic E-state index is 12.8. The molecular weight excluding hydrogens is 444 g/mol. The molecule has 3 aromatic rings. The first-order valence-corrected chi connectivity index (χ1v) is 12.4. The van der Waals surface area contributed by atoms with Crippen molar-refractivity contribution in [2.45, 2.75) is 23.8 Å². The predicted molar refractivity (Wildman–Crippen MR) is 128 cm³/mol. The average molecular weight is 471 g/mol. The number of phenols is 1. The molecule has 1 heterocycles. The Morgan fingerprint density at radius 1 is 1.09 bits per heavy atom. The fraction of sp³-hybridized carbons (Fsp3) is 0.280. The lowest BCUT2D eigenvalue weighted by Gasteiger charge is -2.23. The number of hydrogen-bond acceptors (Lipinski definition) is 4. The highest BCUT2D eigenvalue weighted by Crippen LogP contribution is 2.36. The molecule has 5 nitrogen and oxygen atoms in total. The minimum Gasteiger partial charge on any atom is -0.506 e. The van der Waals surface area contributed by atoms with Crippen molar-refractivity contribution in [3.63, 3.8) is 0 Å². The highest BCUT2D eigenvalue weighted by Gasteiger charge is 2.25. The van der Waals surface area contributed by atoms with E-state index in [0.717, 1.165) is 41.8 Å². The Balaban J connectivity index is 1.58. The van der Waals surface area contributed by atoms with Crippen LogP contribution in [0.2, 0.25) is 5.02 Å². The van der Waals surface area contributed by atoms with Crippen molar-refractivity contribution in [3.8, 4) is 5.75 Å². The molecule has 1 atom stereocenters. The molecule has 7 heteroatoms. The minimum atomic E-state index is -3.54. The normalized spacial score (nSPS) is 17.2. The maximum Gasteiger partial charge on any atom is 0.243 e. The van der Waals surface area contributed by atoms with Gasteiger partial charge in [-0.05, 0) is 60.0 Å². The number of fused-ring (bicyclic) bond motifs is 1. The van der Waals surface area contributed by atoms with E-state index >= 15 is 0 Å². The van der Waals surface area contributed by atoms with Crippen molar-refractivity contribution >= 4 is 21.6 Å². The number of hydrogen-bond donors (Lipinski definition) is 1. The Bertz CT molecular complexity index is 1200. The van der Waals surface area contributed by atoms with Gasteiger partial charge in [0.25, 0.3) is 0 Å². The molecule has 0 amide bonds. The van der Waals surface area contributed by atoms with Gasteiger partial charge in [-0.3, -0.25) is 0 Å². The summed E-state index contributed by atoms with van der Waals surface area (Å²) in [4.78, 5) is 2.57. The molecule has 168 valence electrons. The van der Waals surface area contributed by atoms with E-state index in [-0.39, 0.29) is 23.1 Å². The summed E-state index contributed by atoms with van der Waals surface area (Å²) in [5.41, 5.74) is 4.28. The Kier molecular flexibility index (Phi) is 6.58. The van der Waals surface area contributed by atoms with E-state index in [1.54, 1.807) is 43.4 Å². The molecule has 0 saturated carbocycles. The lowest BCUT2D eigenvalue weighted by molar-refractivity contribution is 0.338. The zero-order valence-electron chi connectivity index (χ0n) is 18.2. The summed E-state index contributed by atoms with van der Waals surface area (Å²) in [6, 6.07) is 20.2. The van der Waals surface area contributed by atoms with Crippen molar-refractivity contribution in [2.75, 3.05) is 27.2 Å². The molecular formula is C25H27ClN2O3S. The van der Waals surface area contributed by atoms with Crippen LogP contribution < -0.4 is 0 Å². The topological polar surface area (TPSA) is 60.9 Å². The number of benzene rings is 3. The summed E-state index contributed by atoms with van der Waals surface area (Å²) in [5, 5.41) is 10.6. The van der Waals surface area contributed by atoms with Gasteiger partial charge in [0.2, 0.25) is 10.0 Å². The van der Waals surface area contributed by atoms with Crippen LogP contribution in [0, 0.1) is 0 Å². The van der Waals surface area contributed by atoms with Crippen LogP contribution in [0.3, 0.4) is 0 Å². The molecule has 1 aliphatic heterocycles. The van der Waals surface area contributed by atoms with Gasteiger partial charge in [0.15, 0.2) is 0 Å². The van der Waals surface area contributed by atoms with Gasteiger partial charge in [0.05, 0.1) is 9.92 Å². The monoisotopic (exact) mass is 470 g/mol. The van der Waals surface area contributed by atoms with Gasteiger partial charge in [-0.2, -0.15) is 4.31 Å². The Morgan fingerprint density at radius 3 is 2.47 bits per heavy atom. The third-order valence-corrected chi connectivity index (χ3v) is 8.20. The van der Waals surface area contributed by atoms with Crippen LogP contribution in [0.5, 0.6) is 5.75 Å². The lowest BCUT2D eigenvalue weighted by atomic mass is 9.87. The van der Waals surface area contributed by atoms with E-state index in [0.29, 0.717) is 5.02 Å². The molecule has 1 N–H and O–H groups in total. The molecule has 0 saturated heterocycles. The molecule has 0 aliphatic carbocycles. The second kappa shape index (κ2) is 9.24. The second-order valence-electron chi connectivity index (χ2n) is 8.38. The van der Waals surface area contributed by atoms with E-state index in [1.807, 2.05) is 18.2 Å². The van der Waals surface area contributed by atoms with E-state index in [1.165, 1.54) is 4.31 Å². The fourth-order valence-electron chi connectivity index (χ4n) is 4.23. The van der Waals surface area contributed by atoms with Crippen LogP contribution in [-0.4, -0.2) is 49.9 Å². The summed E-state index contributed by atoms with van der Waals surface area (Å²) in [6.07, 6.45) is 0.878. The zero-order valence-corrected chi connectivity index (χ0v) is 19.8. The summed E-state index contributed by atoms with van der Waals surface area (Å²) < 4.78 is 27.0. The van der Waals surface area contributed by atoms with Crippen LogP contribution in [-0.2, 0) is 23.0 Å². The van der Waals surface area contributed by atoms with Crippen LogP contribution in [0.15, 0.2) is 71.6 Å². The third-order valence-electron chi connectivity index (χ3n) is 6.08. The SMILES string of the molecule is CN1CCc2cc(Cl)c(O)cc2[C@@H](c2ccc(CN(C)S(=O)(=O)c3ccccc3)cc2)C1. The van der Waals surface area contributed by atoms with Gasteiger partial charge in [0.1, 0.15) is 5.75 Å². The first kappa shape index (κ1) is 22.8. The van der Waals surface area contributed by atoms with Crippen LogP contribution in [0.25, 0.3) is 0 Å². The summed E-state index contributed by atoms with van der Waals surface area (Å²) in [6.45, 7) is 2.04. The number of halogens is 1. The van der Waals surface area contributed by atoms with Crippen molar-refractivity contribution in [2.24, 2.45) is 0 Å². The largest absolute Gasteiger partial charge is 0.506 e. The molecule has 0 radical (unpaired) electrons. The lowest BCUT2D eigenvalue weighted by Crippen LogP contribution is -2.26. The second-order valence-corrected chi connectivity index (χ2v) is 10.8. The summed E-state index contributed by atoms with van der Waals surface area (Å²) >= 11 is 6.16. The highest BCUT2D eigenvalue weighted by molar-refractivity contribution is 7.89. The molecule has 0 bridgehead atoms. The molecule has 0 aromatic heterocycles. The maximum atomic E-state index is 12.8. The van der Waals surface area contributed by atoms with Gasteiger partial charge < -0.3 is 10.0 Å². The molecule has 1 aliphatic rings. The molecule has 4 rings (SSSR count). The first-order chi connectivity index (χ1) is 15.3. The fourth-order valence-corrected chi connectivity index (χ4v) is 5.59. The van der Waals surface area contributed by atoms with Crippen molar-refractivity contribution in [1.82, 2.24) is 9.21 Å².